The van der Waals surface area contributed by atoms with Crippen LogP contribution in [0.3, 0.4) is 0 Å². The Labute approximate surface area is 142 Å². The van der Waals surface area contributed by atoms with E-state index in [9.17, 15) is 4.79 Å². The van der Waals surface area contributed by atoms with E-state index in [0.29, 0.717) is 18.4 Å². The number of nitrogens with zero attached hydrogens (tertiary/aromatic N) is 5. The molecule has 7 nitrogen and oxygen atoms in total. The molecule has 3 rings (SSSR count). The Kier molecular flexibility index (Phi) is 5.40. The van der Waals surface area contributed by atoms with Gasteiger partial charge < -0.3 is 10.2 Å². The van der Waals surface area contributed by atoms with Gasteiger partial charge in [-0.2, -0.15) is 5.10 Å². The Morgan fingerprint density at radius 3 is 2.92 bits per heavy atom. The predicted molar refractivity (Wildman–Crippen MR) is 90.6 cm³/mol. The van der Waals surface area contributed by atoms with Gasteiger partial charge in [0.1, 0.15) is 12.7 Å². The largest absolute Gasteiger partial charge is 0.334 e. The summed E-state index contributed by atoms with van der Waals surface area (Å²) in [6.45, 7) is 3.20. The topological polar surface area (TPSA) is 75.9 Å². The van der Waals surface area contributed by atoms with E-state index in [1.165, 1.54) is 25.6 Å². The van der Waals surface area contributed by atoms with Crippen molar-refractivity contribution >= 4 is 6.03 Å². The molecule has 128 valence electrons. The molecule has 1 fully saturated rings. The first-order chi connectivity index (χ1) is 11.8. The summed E-state index contributed by atoms with van der Waals surface area (Å²) in [7, 11) is 0. The molecule has 2 aromatic heterocycles. The quantitative estimate of drug-likeness (QED) is 0.915. The van der Waals surface area contributed by atoms with Gasteiger partial charge in [-0.25, -0.2) is 19.4 Å². The van der Waals surface area contributed by atoms with Gasteiger partial charge in [-0.3, -0.25) is 0 Å². The van der Waals surface area contributed by atoms with Crippen LogP contribution in [0.25, 0.3) is 5.82 Å². The van der Waals surface area contributed by atoms with Gasteiger partial charge in [0, 0.05) is 30.9 Å². The molecule has 1 N–H and O–H groups in total. The normalized spacial score (nSPS) is 15.2. The third-order valence-electron chi connectivity index (χ3n) is 4.55. The first-order valence-corrected chi connectivity index (χ1v) is 8.63. The van der Waals surface area contributed by atoms with E-state index >= 15 is 0 Å². The summed E-state index contributed by atoms with van der Waals surface area (Å²) in [4.78, 5) is 22.9. The third-order valence-corrected chi connectivity index (χ3v) is 4.55. The van der Waals surface area contributed by atoms with E-state index < -0.39 is 0 Å². The molecule has 0 radical (unpaired) electrons. The molecule has 0 bridgehead atoms. The molecule has 0 spiro atoms. The van der Waals surface area contributed by atoms with Crippen molar-refractivity contribution in [3.63, 3.8) is 0 Å². The summed E-state index contributed by atoms with van der Waals surface area (Å²) in [5.41, 5.74) is 0.913. The molecule has 0 aromatic carbocycles. The standard InChI is InChI=1S/C17H24N6O/c1-2-22(15-8-4-3-5-9-15)17(24)20-11-14-7-6-10-19-16(14)23-13-18-12-21-23/h6-7,10,12-13,15H,2-5,8-9,11H2,1H3,(H,20,24). The Morgan fingerprint density at radius 2 is 2.21 bits per heavy atom. The van der Waals surface area contributed by atoms with Crippen molar-refractivity contribution in [3.05, 3.63) is 36.5 Å². The third kappa shape index (κ3) is 3.72. The highest BCUT2D eigenvalue weighted by Gasteiger charge is 2.24. The van der Waals surface area contributed by atoms with Crippen LogP contribution in [0.2, 0.25) is 0 Å². The Morgan fingerprint density at radius 1 is 1.38 bits per heavy atom. The van der Waals surface area contributed by atoms with Crippen LogP contribution in [0.1, 0.15) is 44.6 Å². The van der Waals surface area contributed by atoms with Gasteiger partial charge >= 0.3 is 6.03 Å². The molecular weight excluding hydrogens is 304 g/mol. The molecule has 2 aromatic rings. The van der Waals surface area contributed by atoms with Crippen LogP contribution in [0.15, 0.2) is 31.0 Å². The minimum atomic E-state index is -0.00204. The maximum absolute atomic E-state index is 12.6. The van der Waals surface area contributed by atoms with Crippen LogP contribution in [0.4, 0.5) is 4.79 Å². The molecule has 0 aliphatic heterocycles. The fourth-order valence-electron chi connectivity index (χ4n) is 3.32. The van der Waals surface area contributed by atoms with Gasteiger partial charge in [0.25, 0.3) is 0 Å². The highest BCUT2D eigenvalue weighted by molar-refractivity contribution is 5.74. The summed E-state index contributed by atoms with van der Waals surface area (Å²) in [6.07, 6.45) is 10.7. The molecule has 1 aliphatic rings. The second-order valence-electron chi connectivity index (χ2n) is 6.06. The fourth-order valence-corrected chi connectivity index (χ4v) is 3.32. The summed E-state index contributed by atoms with van der Waals surface area (Å²) < 4.78 is 1.61. The second kappa shape index (κ2) is 7.90. The lowest BCUT2D eigenvalue weighted by atomic mass is 9.94. The second-order valence-corrected chi connectivity index (χ2v) is 6.06. The lowest BCUT2D eigenvalue weighted by Gasteiger charge is -2.33. The van der Waals surface area contributed by atoms with Crippen LogP contribution in [0.5, 0.6) is 0 Å². The lowest BCUT2D eigenvalue weighted by Crippen LogP contribution is -2.46. The number of urea groups is 1. The first kappa shape index (κ1) is 16.4. The van der Waals surface area contributed by atoms with E-state index in [0.717, 1.165) is 24.9 Å². The monoisotopic (exact) mass is 328 g/mol. The zero-order valence-corrected chi connectivity index (χ0v) is 14.1. The number of carbonyl (C=O) groups excluding carboxylic acids is 1. The van der Waals surface area contributed by atoms with E-state index in [4.69, 9.17) is 0 Å². The highest BCUT2D eigenvalue weighted by Crippen LogP contribution is 2.22. The van der Waals surface area contributed by atoms with Crippen molar-refractivity contribution in [1.82, 2.24) is 30.0 Å². The minimum absolute atomic E-state index is 0.00204. The molecule has 7 heteroatoms. The zero-order chi connectivity index (χ0) is 16.8. The van der Waals surface area contributed by atoms with E-state index in [2.05, 4.69) is 20.4 Å². The summed E-state index contributed by atoms with van der Waals surface area (Å²) in [5.74, 6) is 0.691. The molecule has 1 aliphatic carbocycles. The predicted octanol–water partition coefficient (Wildman–Crippen LogP) is 2.53. The molecule has 2 amide bonds. The number of carbonyl (C=O) groups is 1. The molecular formula is C17H24N6O. The number of aromatic nitrogens is 4. The van der Waals surface area contributed by atoms with Crippen LogP contribution in [0, 0.1) is 0 Å². The summed E-state index contributed by atoms with van der Waals surface area (Å²) in [5, 5.41) is 7.15. The maximum Gasteiger partial charge on any atom is 0.317 e. The maximum atomic E-state index is 12.6. The minimum Gasteiger partial charge on any atom is -0.334 e. The van der Waals surface area contributed by atoms with E-state index in [1.54, 1.807) is 17.2 Å². The van der Waals surface area contributed by atoms with Crippen LogP contribution < -0.4 is 5.32 Å². The molecule has 2 heterocycles. The summed E-state index contributed by atoms with van der Waals surface area (Å²) in [6, 6.07) is 4.17. The van der Waals surface area contributed by atoms with Gasteiger partial charge in [-0.05, 0) is 25.8 Å². The van der Waals surface area contributed by atoms with Gasteiger partial charge in [0.05, 0.1) is 0 Å². The van der Waals surface area contributed by atoms with Crippen molar-refractivity contribution < 1.29 is 4.79 Å². The van der Waals surface area contributed by atoms with Gasteiger partial charge in [0.2, 0.25) is 0 Å². The van der Waals surface area contributed by atoms with Crippen LogP contribution in [-0.4, -0.2) is 43.3 Å². The van der Waals surface area contributed by atoms with Crippen molar-refractivity contribution in [2.75, 3.05) is 6.54 Å². The number of nitrogens with one attached hydrogen (secondary N) is 1. The Bertz CT molecular complexity index is 651. The van der Waals surface area contributed by atoms with Crippen molar-refractivity contribution in [2.24, 2.45) is 0 Å². The molecule has 0 unspecified atom stereocenters. The van der Waals surface area contributed by atoms with Crippen molar-refractivity contribution in [2.45, 2.75) is 51.6 Å². The van der Waals surface area contributed by atoms with E-state index in [-0.39, 0.29) is 6.03 Å². The number of pyridine rings is 1. The first-order valence-electron chi connectivity index (χ1n) is 8.63. The number of rotatable bonds is 5. The molecule has 0 atom stereocenters. The molecule has 24 heavy (non-hydrogen) atoms. The lowest BCUT2D eigenvalue weighted by molar-refractivity contribution is 0.159. The molecule has 1 saturated carbocycles. The zero-order valence-electron chi connectivity index (χ0n) is 14.1. The highest BCUT2D eigenvalue weighted by atomic mass is 16.2. The number of hydrogen-bond acceptors (Lipinski definition) is 4. The van der Waals surface area contributed by atoms with Gasteiger partial charge in [-0.15, -0.1) is 0 Å². The SMILES string of the molecule is CCN(C(=O)NCc1cccnc1-n1cncn1)C1CCCCC1. The van der Waals surface area contributed by atoms with Crippen molar-refractivity contribution in [1.29, 1.82) is 0 Å². The number of hydrogen-bond donors (Lipinski definition) is 1. The van der Waals surface area contributed by atoms with E-state index in [1.807, 2.05) is 24.0 Å². The van der Waals surface area contributed by atoms with Gasteiger partial charge in [-0.1, -0.05) is 25.3 Å². The fraction of sp³-hybridized carbons (Fsp3) is 0.529. The van der Waals surface area contributed by atoms with Crippen LogP contribution in [-0.2, 0) is 6.54 Å². The molecule has 0 saturated heterocycles. The van der Waals surface area contributed by atoms with Gasteiger partial charge in [0.15, 0.2) is 5.82 Å². The smallest absolute Gasteiger partial charge is 0.317 e. The Balaban J connectivity index is 1.66. The number of amides is 2. The average molecular weight is 328 g/mol. The summed E-state index contributed by atoms with van der Waals surface area (Å²) >= 11 is 0. The van der Waals surface area contributed by atoms with Crippen molar-refractivity contribution in [3.8, 4) is 5.82 Å². The van der Waals surface area contributed by atoms with Crippen LogP contribution >= 0.6 is 0 Å². The average Bonchev–Trinajstić information content (AvgIpc) is 3.16. The Hall–Kier alpha value is -2.44.